The van der Waals surface area contributed by atoms with E-state index in [1.807, 2.05) is 6.92 Å². The highest BCUT2D eigenvalue weighted by molar-refractivity contribution is 5.99. The zero-order valence-corrected chi connectivity index (χ0v) is 9.97. The third kappa shape index (κ3) is 3.38. The fourth-order valence-electron chi connectivity index (χ4n) is 1.48. The number of amides is 1. The van der Waals surface area contributed by atoms with Crippen LogP contribution in [0, 0.1) is 0 Å². The average Bonchev–Trinajstić information content (AvgIpc) is 2.28. The molecule has 100 valence electrons. The van der Waals surface area contributed by atoms with Crippen LogP contribution in [0.25, 0.3) is 0 Å². The van der Waals surface area contributed by atoms with Crippen LogP contribution in [-0.2, 0) is 6.18 Å². The first-order chi connectivity index (χ1) is 8.38. The monoisotopic (exact) mass is 260 g/mol. The molecular formula is C12H15F3N2O. The van der Waals surface area contributed by atoms with Gasteiger partial charge in [0, 0.05) is 6.54 Å². The van der Waals surface area contributed by atoms with Gasteiger partial charge in [-0.15, -0.1) is 0 Å². The number of rotatable bonds is 4. The maximum atomic E-state index is 12.6. The fraction of sp³-hybridized carbons (Fsp3) is 0.417. The van der Waals surface area contributed by atoms with Gasteiger partial charge in [0.25, 0.3) is 5.91 Å². The van der Waals surface area contributed by atoms with Gasteiger partial charge in [0.05, 0.1) is 16.8 Å². The molecule has 0 aliphatic carbocycles. The zero-order chi connectivity index (χ0) is 13.8. The first kappa shape index (κ1) is 14.3. The third-order valence-corrected chi connectivity index (χ3v) is 2.47. The zero-order valence-electron chi connectivity index (χ0n) is 9.97. The molecule has 0 unspecified atom stereocenters. The fourth-order valence-corrected chi connectivity index (χ4v) is 1.48. The van der Waals surface area contributed by atoms with E-state index in [0.717, 1.165) is 18.9 Å². The molecule has 0 radical (unpaired) electrons. The summed E-state index contributed by atoms with van der Waals surface area (Å²) < 4.78 is 37.8. The number of anilines is 1. The van der Waals surface area contributed by atoms with Crippen LogP contribution in [0.2, 0.25) is 0 Å². The quantitative estimate of drug-likeness (QED) is 0.646. The van der Waals surface area contributed by atoms with Crippen molar-refractivity contribution in [1.29, 1.82) is 0 Å². The number of alkyl halides is 3. The Bertz CT molecular complexity index is 430. The first-order valence-electron chi connectivity index (χ1n) is 5.61. The lowest BCUT2D eigenvalue weighted by Gasteiger charge is -2.13. The maximum absolute atomic E-state index is 12.6. The third-order valence-electron chi connectivity index (χ3n) is 2.47. The Morgan fingerprint density at radius 1 is 1.39 bits per heavy atom. The number of carbonyl (C=O) groups excluding carboxylic acids is 1. The van der Waals surface area contributed by atoms with Gasteiger partial charge in [-0.1, -0.05) is 19.4 Å². The van der Waals surface area contributed by atoms with E-state index in [-0.39, 0.29) is 5.56 Å². The van der Waals surface area contributed by atoms with Crippen LogP contribution >= 0.6 is 0 Å². The highest BCUT2D eigenvalue weighted by Gasteiger charge is 2.34. The van der Waals surface area contributed by atoms with E-state index in [0.29, 0.717) is 6.54 Å². The van der Waals surface area contributed by atoms with Gasteiger partial charge in [0.2, 0.25) is 0 Å². The predicted molar refractivity (Wildman–Crippen MR) is 63.1 cm³/mol. The highest BCUT2D eigenvalue weighted by atomic mass is 19.4. The SMILES string of the molecule is CCCCNC(=O)c1cccc(C(F)(F)F)c1N. The number of nitrogens with one attached hydrogen (secondary N) is 1. The number of hydrogen-bond donors (Lipinski definition) is 2. The molecule has 0 saturated carbocycles. The summed E-state index contributed by atoms with van der Waals surface area (Å²) in [5.41, 5.74) is 3.75. The summed E-state index contributed by atoms with van der Waals surface area (Å²) in [4.78, 5) is 11.7. The van der Waals surface area contributed by atoms with Crippen LogP contribution in [0.3, 0.4) is 0 Å². The van der Waals surface area contributed by atoms with Gasteiger partial charge in [-0.2, -0.15) is 13.2 Å². The number of benzene rings is 1. The Morgan fingerprint density at radius 3 is 2.61 bits per heavy atom. The van der Waals surface area contributed by atoms with Gasteiger partial charge in [-0.25, -0.2) is 0 Å². The Balaban J connectivity index is 2.93. The first-order valence-corrected chi connectivity index (χ1v) is 5.61. The molecule has 1 rings (SSSR count). The summed E-state index contributed by atoms with van der Waals surface area (Å²) in [5.74, 6) is -0.577. The van der Waals surface area contributed by atoms with E-state index in [1.54, 1.807) is 0 Å². The van der Waals surface area contributed by atoms with Crippen molar-refractivity contribution in [2.75, 3.05) is 12.3 Å². The molecule has 0 bridgehead atoms. The van der Waals surface area contributed by atoms with Gasteiger partial charge in [-0.05, 0) is 18.6 Å². The smallest absolute Gasteiger partial charge is 0.398 e. The number of nitrogen functional groups attached to an aromatic ring is 1. The maximum Gasteiger partial charge on any atom is 0.418 e. The summed E-state index contributed by atoms with van der Waals surface area (Å²) in [7, 11) is 0. The summed E-state index contributed by atoms with van der Waals surface area (Å²) >= 11 is 0. The lowest BCUT2D eigenvalue weighted by Crippen LogP contribution is -2.26. The Morgan fingerprint density at radius 2 is 2.06 bits per heavy atom. The molecule has 0 saturated heterocycles. The van der Waals surface area contributed by atoms with Crippen molar-refractivity contribution < 1.29 is 18.0 Å². The molecule has 0 fully saturated rings. The van der Waals surface area contributed by atoms with Crippen LogP contribution in [-0.4, -0.2) is 12.5 Å². The summed E-state index contributed by atoms with van der Waals surface area (Å²) in [6.45, 7) is 2.37. The molecule has 0 aliphatic heterocycles. The lowest BCUT2D eigenvalue weighted by molar-refractivity contribution is -0.136. The molecule has 1 aromatic rings. The number of para-hydroxylation sites is 1. The minimum atomic E-state index is -4.55. The Hall–Kier alpha value is -1.72. The van der Waals surface area contributed by atoms with E-state index in [2.05, 4.69) is 5.32 Å². The molecule has 0 aromatic heterocycles. The molecule has 1 amide bonds. The molecule has 3 nitrogen and oxygen atoms in total. The van der Waals surface area contributed by atoms with Crippen molar-refractivity contribution in [2.24, 2.45) is 0 Å². The average molecular weight is 260 g/mol. The largest absolute Gasteiger partial charge is 0.418 e. The van der Waals surface area contributed by atoms with Crippen molar-refractivity contribution in [3.63, 3.8) is 0 Å². The van der Waals surface area contributed by atoms with E-state index < -0.39 is 23.3 Å². The van der Waals surface area contributed by atoms with Crippen LogP contribution in [0.15, 0.2) is 18.2 Å². The number of unbranched alkanes of at least 4 members (excludes halogenated alkanes) is 1. The van der Waals surface area contributed by atoms with E-state index in [4.69, 9.17) is 5.73 Å². The van der Waals surface area contributed by atoms with Crippen LogP contribution in [0.4, 0.5) is 18.9 Å². The second-order valence-electron chi connectivity index (χ2n) is 3.87. The van der Waals surface area contributed by atoms with Crippen LogP contribution in [0.1, 0.15) is 35.7 Å². The topological polar surface area (TPSA) is 55.1 Å². The summed E-state index contributed by atoms with van der Waals surface area (Å²) in [6.07, 6.45) is -2.90. The van der Waals surface area contributed by atoms with Crippen molar-refractivity contribution in [3.05, 3.63) is 29.3 Å². The summed E-state index contributed by atoms with van der Waals surface area (Å²) in [5, 5.41) is 2.53. The van der Waals surface area contributed by atoms with Gasteiger partial charge in [0.1, 0.15) is 0 Å². The van der Waals surface area contributed by atoms with Crippen LogP contribution in [0.5, 0.6) is 0 Å². The molecule has 0 heterocycles. The second-order valence-corrected chi connectivity index (χ2v) is 3.87. The van der Waals surface area contributed by atoms with Crippen LogP contribution < -0.4 is 11.1 Å². The highest BCUT2D eigenvalue weighted by Crippen LogP contribution is 2.34. The minimum Gasteiger partial charge on any atom is -0.398 e. The molecule has 6 heteroatoms. The number of carbonyl (C=O) groups is 1. The number of nitrogens with two attached hydrogens (primary N) is 1. The van der Waals surface area contributed by atoms with Crippen molar-refractivity contribution in [1.82, 2.24) is 5.32 Å². The van der Waals surface area contributed by atoms with Crippen molar-refractivity contribution >= 4 is 11.6 Å². The predicted octanol–water partition coefficient (Wildman–Crippen LogP) is 2.82. The van der Waals surface area contributed by atoms with Gasteiger partial charge >= 0.3 is 6.18 Å². The second kappa shape index (κ2) is 5.75. The molecule has 1 aromatic carbocycles. The number of hydrogen-bond acceptors (Lipinski definition) is 2. The molecule has 0 atom stereocenters. The normalized spacial score (nSPS) is 11.3. The van der Waals surface area contributed by atoms with Crippen molar-refractivity contribution in [2.45, 2.75) is 25.9 Å². The number of halogens is 3. The molecule has 0 spiro atoms. The molecular weight excluding hydrogens is 245 g/mol. The Kier molecular flexibility index (Phi) is 4.58. The van der Waals surface area contributed by atoms with Gasteiger partial charge < -0.3 is 11.1 Å². The minimum absolute atomic E-state index is 0.138. The molecule has 0 aliphatic rings. The molecule has 3 N–H and O–H groups in total. The van der Waals surface area contributed by atoms with E-state index in [1.165, 1.54) is 12.1 Å². The van der Waals surface area contributed by atoms with E-state index >= 15 is 0 Å². The summed E-state index contributed by atoms with van der Waals surface area (Å²) in [6, 6.07) is 3.32. The van der Waals surface area contributed by atoms with E-state index in [9.17, 15) is 18.0 Å². The van der Waals surface area contributed by atoms with Crippen molar-refractivity contribution in [3.8, 4) is 0 Å². The van der Waals surface area contributed by atoms with Gasteiger partial charge in [0.15, 0.2) is 0 Å². The standard InChI is InChI=1S/C12H15F3N2O/c1-2-3-7-17-11(18)8-5-4-6-9(10(8)16)12(13,14)15/h4-6H,2-3,7,16H2,1H3,(H,17,18). The lowest BCUT2D eigenvalue weighted by atomic mass is 10.1. The Labute approximate surface area is 103 Å². The molecule has 18 heavy (non-hydrogen) atoms. The van der Waals surface area contributed by atoms with Gasteiger partial charge in [-0.3, -0.25) is 4.79 Å².